The molecule has 0 bridgehead atoms. The van der Waals surface area contributed by atoms with Gasteiger partial charge in [-0.25, -0.2) is 4.39 Å². The van der Waals surface area contributed by atoms with Crippen molar-refractivity contribution in [3.63, 3.8) is 0 Å². The van der Waals surface area contributed by atoms with E-state index >= 15 is 0 Å². The van der Waals surface area contributed by atoms with Crippen LogP contribution in [0.3, 0.4) is 0 Å². The number of rotatable bonds is 4. The van der Waals surface area contributed by atoms with Gasteiger partial charge in [0.25, 0.3) is 10.2 Å². The molecule has 1 amide bonds. The van der Waals surface area contributed by atoms with Gasteiger partial charge in [-0.15, -0.1) is 0 Å². The number of nitrogens with zero attached hydrogens (tertiary/aromatic N) is 1. The Kier molecular flexibility index (Phi) is 3.46. The minimum absolute atomic E-state index is 0.141. The van der Waals surface area contributed by atoms with Crippen LogP contribution < -0.4 is 14.3 Å². The Morgan fingerprint density at radius 1 is 1.42 bits per heavy atom. The molecule has 1 aliphatic heterocycles. The number of nitrogens with one attached hydrogen (secondary N) is 2. The van der Waals surface area contributed by atoms with E-state index in [9.17, 15) is 17.6 Å². The van der Waals surface area contributed by atoms with Crippen molar-refractivity contribution < 1.29 is 17.6 Å². The van der Waals surface area contributed by atoms with Gasteiger partial charge in [0.05, 0.1) is 17.8 Å². The first kappa shape index (κ1) is 13.8. The molecule has 0 saturated carbocycles. The molecule has 6 nitrogen and oxygen atoms in total. The van der Waals surface area contributed by atoms with Crippen LogP contribution in [0, 0.1) is 5.82 Å². The molecule has 104 valence electrons. The highest BCUT2D eigenvalue weighted by Gasteiger charge is 2.26. The first-order valence-corrected chi connectivity index (χ1v) is 7.18. The molecule has 8 heteroatoms. The lowest BCUT2D eigenvalue weighted by Crippen LogP contribution is -2.30. The largest absolute Gasteiger partial charge is 0.315 e. The second kappa shape index (κ2) is 4.78. The summed E-state index contributed by atoms with van der Waals surface area (Å²) in [6.45, 7) is 1.81. The molecular formula is C11H14FN3O3S. The molecule has 0 radical (unpaired) electrons. The van der Waals surface area contributed by atoms with E-state index in [4.69, 9.17) is 0 Å². The summed E-state index contributed by atoms with van der Waals surface area (Å²) in [6, 6.07) is 2.50. The fraction of sp³-hybridized carbons (Fsp3) is 0.364. The van der Waals surface area contributed by atoms with Crippen LogP contribution in [0.25, 0.3) is 0 Å². The normalized spacial score (nSPS) is 14.7. The van der Waals surface area contributed by atoms with E-state index in [1.165, 1.54) is 11.0 Å². The van der Waals surface area contributed by atoms with E-state index in [0.717, 1.165) is 6.07 Å². The Balaban J connectivity index is 2.35. The fourth-order valence-electron chi connectivity index (χ4n) is 1.93. The first-order valence-electron chi connectivity index (χ1n) is 5.70. The summed E-state index contributed by atoms with van der Waals surface area (Å²) in [5, 5.41) is 0. The van der Waals surface area contributed by atoms with Gasteiger partial charge < -0.3 is 4.90 Å². The monoisotopic (exact) mass is 287 g/mol. The number of hydrogen-bond donors (Lipinski definition) is 2. The lowest BCUT2D eigenvalue weighted by molar-refractivity contribution is -0.117. The third-order valence-corrected chi connectivity index (χ3v) is 3.98. The summed E-state index contributed by atoms with van der Waals surface area (Å²) in [7, 11) is -2.24. The molecule has 0 aliphatic carbocycles. The molecule has 1 heterocycles. The van der Waals surface area contributed by atoms with Crippen molar-refractivity contribution >= 4 is 27.5 Å². The Hall–Kier alpha value is -1.67. The molecule has 0 atom stereocenters. The van der Waals surface area contributed by atoms with Crippen molar-refractivity contribution in [1.29, 1.82) is 0 Å². The van der Waals surface area contributed by atoms with Crippen molar-refractivity contribution in [2.24, 2.45) is 0 Å². The van der Waals surface area contributed by atoms with E-state index in [1.807, 2.05) is 0 Å². The number of carbonyl (C=O) groups excluding carboxylic acids is 1. The summed E-state index contributed by atoms with van der Waals surface area (Å²) < 4.78 is 41.2. The lowest BCUT2D eigenvalue weighted by Gasteiger charge is -2.13. The SMILES string of the molecule is CCNS(=O)(=O)Nc1cc2c(cc1F)N(C)C(=O)C2. The van der Waals surface area contributed by atoms with Gasteiger partial charge in [0.2, 0.25) is 5.91 Å². The van der Waals surface area contributed by atoms with Crippen molar-refractivity contribution in [1.82, 2.24) is 4.72 Å². The zero-order chi connectivity index (χ0) is 14.2. The van der Waals surface area contributed by atoms with E-state index in [1.54, 1.807) is 14.0 Å². The number of fused-ring (bicyclic) bond motifs is 1. The predicted octanol–water partition coefficient (Wildman–Crippen LogP) is 0.611. The number of anilines is 2. The van der Waals surface area contributed by atoms with Crippen molar-refractivity contribution in [3.8, 4) is 0 Å². The second-order valence-corrected chi connectivity index (χ2v) is 5.69. The summed E-state index contributed by atoms with van der Waals surface area (Å²) in [5.41, 5.74) is 0.903. The molecule has 0 spiro atoms. The Labute approximate surface area is 110 Å². The molecule has 0 unspecified atom stereocenters. The highest BCUT2D eigenvalue weighted by atomic mass is 32.2. The standard InChI is InChI=1S/C11H14FN3O3S/c1-3-13-19(17,18)14-9-4-7-5-11(16)15(2)10(7)6-8(9)12/h4,6,13-14H,3,5H2,1-2H3. The number of amides is 1. The van der Waals surface area contributed by atoms with E-state index in [0.29, 0.717) is 11.3 Å². The Morgan fingerprint density at radius 2 is 2.11 bits per heavy atom. The van der Waals surface area contributed by atoms with Crippen LogP contribution >= 0.6 is 0 Å². The van der Waals surface area contributed by atoms with Gasteiger partial charge in [0, 0.05) is 19.7 Å². The zero-order valence-corrected chi connectivity index (χ0v) is 11.3. The number of halogens is 1. The fourth-order valence-corrected chi connectivity index (χ4v) is 2.82. The van der Waals surface area contributed by atoms with Gasteiger partial charge in [-0.1, -0.05) is 6.92 Å². The molecule has 0 saturated heterocycles. The third-order valence-electron chi connectivity index (χ3n) is 2.82. The van der Waals surface area contributed by atoms with Gasteiger partial charge in [0.15, 0.2) is 0 Å². The number of benzene rings is 1. The Bertz CT molecular complexity index is 630. The third kappa shape index (κ3) is 2.69. The van der Waals surface area contributed by atoms with Crippen molar-refractivity contribution in [2.75, 3.05) is 23.2 Å². The van der Waals surface area contributed by atoms with E-state index in [2.05, 4.69) is 9.44 Å². The van der Waals surface area contributed by atoms with Crippen molar-refractivity contribution in [3.05, 3.63) is 23.5 Å². The molecule has 2 N–H and O–H groups in total. The van der Waals surface area contributed by atoms with Crippen LogP contribution in [0.4, 0.5) is 15.8 Å². The zero-order valence-electron chi connectivity index (χ0n) is 10.5. The minimum Gasteiger partial charge on any atom is -0.315 e. The molecular weight excluding hydrogens is 273 g/mol. The molecule has 19 heavy (non-hydrogen) atoms. The van der Waals surface area contributed by atoms with Crippen LogP contribution in [-0.2, 0) is 21.4 Å². The number of hydrogen-bond acceptors (Lipinski definition) is 3. The Morgan fingerprint density at radius 3 is 2.74 bits per heavy atom. The van der Waals surface area contributed by atoms with Gasteiger partial charge in [-0.3, -0.25) is 9.52 Å². The van der Waals surface area contributed by atoms with Crippen LogP contribution in [0.15, 0.2) is 12.1 Å². The molecule has 1 aliphatic rings. The summed E-state index contributed by atoms with van der Waals surface area (Å²) in [4.78, 5) is 12.8. The highest BCUT2D eigenvalue weighted by molar-refractivity contribution is 7.90. The molecule has 1 aromatic carbocycles. The first-order chi connectivity index (χ1) is 8.84. The van der Waals surface area contributed by atoms with E-state index < -0.39 is 16.0 Å². The summed E-state index contributed by atoms with van der Waals surface area (Å²) in [6.07, 6.45) is 0.141. The predicted molar refractivity (Wildman–Crippen MR) is 69.7 cm³/mol. The molecule has 2 rings (SSSR count). The lowest BCUT2D eigenvalue weighted by atomic mass is 10.1. The second-order valence-electron chi connectivity index (χ2n) is 4.19. The molecule has 0 fully saturated rings. The topological polar surface area (TPSA) is 78.5 Å². The van der Waals surface area contributed by atoms with Crippen LogP contribution in [0.2, 0.25) is 0 Å². The minimum atomic E-state index is -3.79. The van der Waals surface area contributed by atoms with E-state index in [-0.39, 0.29) is 24.6 Å². The van der Waals surface area contributed by atoms with Crippen LogP contribution in [0.1, 0.15) is 12.5 Å². The van der Waals surface area contributed by atoms with Crippen molar-refractivity contribution in [2.45, 2.75) is 13.3 Å². The molecule has 0 aromatic heterocycles. The summed E-state index contributed by atoms with van der Waals surface area (Å²) in [5.74, 6) is -0.872. The summed E-state index contributed by atoms with van der Waals surface area (Å²) >= 11 is 0. The highest BCUT2D eigenvalue weighted by Crippen LogP contribution is 2.32. The number of likely N-dealkylation sites (N-methyl/N-ethyl adjacent to an activating group) is 1. The average Bonchev–Trinajstić information content (AvgIpc) is 2.56. The maximum atomic E-state index is 13.8. The van der Waals surface area contributed by atoms with Gasteiger partial charge in [-0.2, -0.15) is 13.1 Å². The maximum absolute atomic E-state index is 13.8. The molecule has 1 aromatic rings. The quantitative estimate of drug-likeness (QED) is 0.851. The number of carbonyl (C=O) groups is 1. The van der Waals surface area contributed by atoms with Crippen LogP contribution in [0.5, 0.6) is 0 Å². The average molecular weight is 287 g/mol. The smallest absolute Gasteiger partial charge is 0.299 e. The van der Waals surface area contributed by atoms with Gasteiger partial charge >= 0.3 is 0 Å². The van der Waals surface area contributed by atoms with Gasteiger partial charge in [0.1, 0.15) is 5.82 Å². The maximum Gasteiger partial charge on any atom is 0.299 e. The van der Waals surface area contributed by atoms with Gasteiger partial charge in [-0.05, 0) is 11.6 Å². The van der Waals surface area contributed by atoms with Crippen LogP contribution in [-0.4, -0.2) is 27.9 Å².